The number of nitrogens with one attached hydrogen (secondary N) is 1. The molecule has 0 aromatic rings. The van der Waals surface area contributed by atoms with Crippen LogP contribution in [0, 0.1) is 11.8 Å². The van der Waals surface area contributed by atoms with Gasteiger partial charge in [-0.25, -0.2) is 12.7 Å². The average molecular weight is 309 g/mol. The highest BCUT2D eigenvalue weighted by Crippen LogP contribution is 2.29. The first-order valence-corrected chi connectivity index (χ1v) is 9.55. The number of sulfonamides is 1. The standard InChI is InChI=1S/C13H25ClN2O2S/c1-19(17,18)16-7-3-4-11(10-16)8-15-9-12-5-2-6-13(12)14/h11-13,15H,2-10H2,1H3. The lowest BCUT2D eigenvalue weighted by atomic mass is 9.99. The molecule has 3 unspecified atom stereocenters. The lowest BCUT2D eigenvalue weighted by Crippen LogP contribution is -2.43. The zero-order chi connectivity index (χ0) is 13.9. The fourth-order valence-corrected chi connectivity index (χ4v) is 4.50. The van der Waals surface area contributed by atoms with E-state index in [1.807, 2.05) is 0 Å². The summed E-state index contributed by atoms with van der Waals surface area (Å²) < 4.78 is 24.7. The van der Waals surface area contributed by atoms with Gasteiger partial charge >= 0.3 is 0 Å². The first-order chi connectivity index (χ1) is 8.97. The fourth-order valence-electron chi connectivity index (χ4n) is 3.19. The maximum atomic E-state index is 11.5. The molecular weight excluding hydrogens is 284 g/mol. The van der Waals surface area contributed by atoms with Crippen LogP contribution in [0.5, 0.6) is 0 Å². The van der Waals surface area contributed by atoms with Gasteiger partial charge in [0.15, 0.2) is 0 Å². The summed E-state index contributed by atoms with van der Waals surface area (Å²) in [6.45, 7) is 3.23. The number of nitrogens with zero attached hydrogens (tertiary/aromatic N) is 1. The second kappa shape index (κ2) is 6.74. The van der Waals surface area contributed by atoms with Gasteiger partial charge in [-0.2, -0.15) is 0 Å². The maximum absolute atomic E-state index is 11.5. The van der Waals surface area contributed by atoms with E-state index in [-0.39, 0.29) is 0 Å². The maximum Gasteiger partial charge on any atom is 0.211 e. The van der Waals surface area contributed by atoms with Gasteiger partial charge in [-0.05, 0) is 50.6 Å². The van der Waals surface area contributed by atoms with Crippen molar-refractivity contribution < 1.29 is 8.42 Å². The second-order valence-corrected chi connectivity index (χ2v) is 8.54. The Morgan fingerprint density at radius 3 is 2.63 bits per heavy atom. The van der Waals surface area contributed by atoms with E-state index in [1.54, 1.807) is 4.31 Å². The van der Waals surface area contributed by atoms with E-state index in [9.17, 15) is 8.42 Å². The van der Waals surface area contributed by atoms with Crippen LogP contribution in [-0.2, 0) is 10.0 Å². The van der Waals surface area contributed by atoms with Crippen molar-refractivity contribution in [1.82, 2.24) is 9.62 Å². The quantitative estimate of drug-likeness (QED) is 0.786. The Balaban J connectivity index is 1.71. The second-order valence-electron chi connectivity index (χ2n) is 5.99. The van der Waals surface area contributed by atoms with Crippen molar-refractivity contribution >= 4 is 21.6 Å². The molecule has 1 saturated heterocycles. The summed E-state index contributed by atoms with van der Waals surface area (Å²) in [5.74, 6) is 1.04. The molecule has 4 nitrogen and oxygen atoms in total. The summed E-state index contributed by atoms with van der Waals surface area (Å²) >= 11 is 6.26. The molecule has 2 fully saturated rings. The van der Waals surface area contributed by atoms with Crippen LogP contribution in [0.1, 0.15) is 32.1 Å². The third kappa shape index (κ3) is 4.59. The number of halogens is 1. The summed E-state index contributed by atoms with van der Waals surface area (Å²) in [5, 5.41) is 3.82. The average Bonchev–Trinajstić information content (AvgIpc) is 2.75. The van der Waals surface area contributed by atoms with Crippen LogP contribution in [0.15, 0.2) is 0 Å². The molecular formula is C13H25ClN2O2S. The topological polar surface area (TPSA) is 49.4 Å². The first kappa shape index (κ1) is 15.5. The Kier molecular flexibility index (Phi) is 5.52. The molecule has 6 heteroatoms. The Hall–Kier alpha value is 0.160. The van der Waals surface area contributed by atoms with Crippen molar-refractivity contribution in [2.24, 2.45) is 11.8 Å². The largest absolute Gasteiger partial charge is 0.316 e. The third-order valence-corrected chi connectivity index (χ3v) is 6.20. The molecule has 0 spiro atoms. The molecule has 112 valence electrons. The minimum atomic E-state index is -3.02. The summed E-state index contributed by atoms with van der Waals surface area (Å²) in [6.07, 6.45) is 7.00. The molecule has 0 aromatic heterocycles. The molecule has 2 aliphatic rings. The zero-order valence-electron chi connectivity index (χ0n) is 11.6. The van der Waals surface area contributed by atoms with Crippen LogP contribution in [0.2, 0.25) is 0 Å². The Labute approximate surface area is 121 Å². The molecule has 0 radical (unpaired) electrons. The van der Waals surface area contributed by atoms with Gasteiger partial charge in [0.05, 0.1) is 6.26 Å². The molecule has 19 heavy (non-hydrogen) atoms. The molecule has 1 saturated carbocycles. The lowest BCUT2D eigenvalue weighted by molar-refractivity contribution is 0.258. The molecule has 1 aliphatic heterocycles. The Morgan fingerprint density at radius 2 is 2.00 bits per heavy atom. The monoisotopic (exact) mass is 308 g/mol. The first-order valence-electron chi connectivity index (χ1n) is 7.26. The molecule has 1 aliphatic carbocycles. The van der Waals surface area contributed by atoms with E-state index in [0.717, 1.165) is 32.4 Å². The van der Waals surface area contributed by atoms with Crippen LogP contribution in [0.4, 0.5) is 0 Å². The van der Waals surface area contributed by atoms with Gasteiger partial charge in [0.1, 0.15) is 0 Å². The summed E-state index contributed by atoms with van der Waals surface area (Å²) in [5.41, 5.74) is 0. The van der Waals surface area contributed by atoms with E-state index in [4.69, 9.17) is 11.6 Å². The number of hydrogen-bond acceptors (Lipinski definition) is 3. The van der Waals surface area contributed by atoms with E-state index >= 15 is 0 Å². The van der Waals surface area contributed by atoms with Crippen molar-refractivity contribution in [3.63, 3.8) is 0 Å². The van der Waals surface area contributed by atoms with Crippen LogP contribution in [0.3, 0.4) is 0 Å². The summed E-state index contributed by atoms with van der Waals surface area (Å²) in [7, 11) is -3.02. The van der Waals surface area contributed by atoms with Crippen molar-refractivity contribution in [2.75, 3.05) is 32.4 Å². The molecule has 0 bridgehead atoms. The summed E-state index contributed by atoms with van der Waals surface area (Å²) in [6, 6.07) is 0. The normalized spacial score (nSPS) is 33.7. The Bertz CT molecular complexity index is 388. The van der Waals surface area contributed by atoms with Crippen LogP contribution < -0.4 is 5.32 Å². The van der Waals surface area contributed by atoms with Crippen LogP contribution in [0.25, 0.3) is 0 Å². The van der Waals surface area contributed by atoms with Gasteiger partial charge in [-0.1, -0.05) is 6.42 Å². The molecule has 2 rings (SSSR count). The fraction of sp³-hybridized carbons (Fsp3) is 1.00. The predicted molar refractivity (Wildman–Crippen MR) is 79.0 cm³/mol. The van der Waals surface area contributed by atoms with Gasteiger partial charge in [-0.3, -0.25) is 0 Å². The highest BCUT2D eigenvalue weighted by molar-refractivity contribution is 7.88. The van der Waals surface area contributed by atoms with E-state index < -0.39 is 10.0 Å². The van der Waals surface area contributed by atoms with Crippen molar-refractivity contribution in [3.8, 4) is 0 Å². The molecule has 1 heterocycles. The third-order valence-electron chi connectivity index (χ3n) is 4.36. The summed E-state index contributed by atoms with van der Waals surface area (Å²) in [4.78, 5) is 0. The van der Waals surface area contributed by atoms with Crippen LogP contribution >= 0.6 is 11.6 Å². The highest BCUT2D eigenvalue weighted by atomic mass is 35.5. The Morgan fingerprint density at radius 1 is 1.21 bits per heavy atom. The van der Waals surface area contributed by atoms with Gasteiger partial charge in [0.25, 0.3) is 0 Å². The number of hydrogen-bond donors (Lipinski definition) is 1. The lowest BCUT2D eigenvalue weighted by Gasteiger charge is -2.31. The van der Waals surface area contributed by atoms with Gasteiger partial charge in [0.2, 0.25) is 10.0 Å². The molecule has 1 N–H and O–H groups in total. The van der Waals surface area contributed by atoms with Crippen molar-refractivity contribution in [2.45, 2.75) is 37.5 Å². The highest BCUT2D eigenvalue weighted by Gasteiger charge is 2.27. The van der Waals surface area contributed by atoms with Gasteiger partial charge in [-0.15, -0.1) is 11.6 Å². The van der Waals surface area contributed by atoms with E-state index in [0.29, 0.717) is 30.3 Å². The predicted octanol–water partition coefficient (Wildman–Crippen LogP) is 1.66. The SMILES string of the molecule is CS(=O)(=O)N1CCCC(CNCC2CCCC2Cl)C1. The number of piperidine rings is 1. The van der Waals surface area contributed by atoms with Crippen molar-refractivity contribution in [3.05, 3.63) is 0 Å². The smallest absolute Gasteiger partial charge is 0.211 e. The van der Waals surface area contributed by atoms with Gasteiger partial charge < -0.3 is 5.32 Å². The molecule has 0 amide bonds. The molecule has 3 atom stereocenters. The van der Waals surface area contributed by atoms with E-state index in [2.05, 4.69) is 5.32 Å². The van der Waals surface area contributed by atoms with Gasteiger partial charge in [0, 0.05) is 18.5 Å². The minimum Gasteiger partial charge on any atom is -0.316 e. The van der Waals surface area contributed by atoms with Crippen LogP contribution in [-0.4, -0.2) is 50.5 Å². The minimum absolute atomic E-state index is 0.325. The number of alkyl halides is 1. The molecule has 0 aromatic carbocycles. The zero-order valence-corrected chi connectivity index (χ0v) is 13.2. The van der Waals surface area contributed by atoms with Crippen molar-refractivity contribution in [1.29, 1.82) is 0 Å². The van der Waals surface area contributed by atoms with E-state index in [1.165, 1.54) is 19.1 Å². The number of rotatable bonds is 5.